The molecule has 0 atom stereocenters. The number of aliphatic hydroxyl groups excluding tert-OH is 1. The number of aliphatic hydroxyl groups is 1. The van der Waals surface area contributed by atoms with Gasteiger partial charge in [0.25, 0.3) is 0 Å². The minimum Gasteiger partial charge on any atom is -0.478 e. The molecule has 0 unspecified atom stereocenters. The van der Waals surface area contributed by atoms with Crippen LogP contribution >= 0.6 is 0 Å². The van der Waals surface area contributed by atoms with Crippen molar-refractivity contribution >= 4 is 11.9 Å². The zero-order valence-electron chi connectivity index (χ0n) is 6.02. The van der Waals surface area contributed by atoms with E-state index in [1.807, 2.05) is 0 Å². The summed E-state index contributed by atoms with van der Waals surface area (Å²) >= 11 is 0. The van der Waals surface area contributed by atoms with Gasteiger partial charge in [-0.25, -0.2) is 9.59 Å². The lowest BCUT2D eigenvalue weighted by Crippen LogP contribution is -1.91. The van der Waals surface area contributed by atoms with Crippen LogP contribution < -0.4 is 0 Å². The van der Waals surface area contributed by atoms with Crippen molar-refractivity contribution < 1.29 is 24.9 Å². The van der Waals surface area contributed by atoms with Gasteiger partial charge in [0.15, 0.2) is 0 Å². The monoisotopic (exact) mass is 162 g/mol. The molecule has 5 nitrogen and oxygen atoms in total. The molecule has 0 spiro atoms. The second kappa shape index (κ2) is 8.64. The molecule has 0 aromatic rings. The predicted octanol–water partition coefficient (Wildman–Crippen LogP) is -0.290. The van der Waals surface area contributed by atoms with Crippen molar-refractivity contribution in [3.05, 3.63) is 12.2 Å². The molecule has 0 aromatic heterocycles. The molecular weight excluding hydrogens is 152 g/mol. The van der Waals surface area contributed by atoms with E-state index in [9.17, 15) is 9.59 Å². The van der Waals surface area contributed by atoms with Gasteiger partial charge in [0.1, 0.15) is 0 Å². The summed E-state index contributed by atoms with van der Waals surface area (Å²) in [5, 5.41) is 23.2. The van der Waals surface area contributed by atoms with Crippen molar-refractivity contribution in [2.45, 2.75) is 6.92 Å². The Labute approximate surface area is 63.6 Å². The molecule has 64 valence electrons. The van der Waals surface area contributed by atoms with Crippen molar-refractivity contribution in [1.29, 1.82) is 0 Å². The normalized spacial score (nSPS) is 8.55. The Kier molecular flexibility index (Phi) is 9.68. The van der Waals surface area contributed by atoms with Gasteiger partial charge in [-0.3, -0.25) is 0 Å². The highest BCUT2D eigenvalue weighted by Crippen LogP contribution is 1.70. The lowest BCUT2D eigenvalue weighted by atomic mass is 10.5. The lowest BCUT2D eigenvalue weighted by molar-refractivity contribution is -0.134. The Morgan fingerprint density at radius 3 is 1.45 bits per heavy atom. The molecule has 0 saturated heterocycles. The highest BCUT2D eigenvalue weighted by molar-refractivity contribution is 5.89. The Morgan fingerprint density at radius 2 is 1.36 bits per heavy atom. The molecule has 0 aliphatic rings. The van der Waals surface area contributed by atoms with Crippen LogP contribution in [0.4, 0.5) is 0 Å². The minimum atomic E-state index is -1.26. The van der Waals surface area contributed by atoms with Crippen molar-refractivity contribution in [3.8, 4) is 0 Å². The van der Waals surface area contributed by atoms with Crippen LogP contribution in [0.25, 0.3) is 0 Å². The number of hydrogen-bond donors (Lipinski definition) is 3. The maximum Gasteiger partial charge on any atom is 0.328 e. The quantitative estimate of drug-likeness (QED) is 0.485. The Balaban J connectivity index is 0. The molecule has 5 heteroatoms. The summed E-state index contributed by atoms with van der Waals surface area (Å²) in [6, 6.07) is 0. The third kappa shape index (κ3) is 28.8. The van der Waals surface area contributed by atoms with E-state index < -0.39 is 11.9 Å². The van der Waals surface area contributed by atoms with E-state index in [1.165, 1.54) is 0 Å². The number of carboxylic acids is 2. The summed E-state index contributed by atoms with van der Waals surface area (Å²) in [6.45, 7) is 1.93. The fraction of sp³-hybridized carbons (Fsp3) is 0.333. The zero-order chi connectivity index (χ0) is 9.28. The molecule has 11 heavy (non-hydrogen) atoms. The van der Waals surface area contributed by atoms with Gasteiger partial charge in [0.2, 0.25) is 0 Å². The van der Waals surface area contributed by atoms with Crippen LogP contribution in [0, 0.1) is 0 Å². The molecule has 0 fully saturated rings. The summed E-state index contributed by atoms with van der Waals surface area (Å²) in [5.74, 6) is -2.51. The maximum atomic E-state index is 9.55. The standard InChI is InChI=1S/C4H4O4.C2H6O/c5-3(6)1-2-4(7)8;1-2-3/h1-2H,(H,5,6)(H,7,8);3H,2H2,1H3/b2-1-;. The van der Waals surface area contributed by atoms with Crippen molar-refractivity contribution in [3.63, 3.8) is 0 Å². The zero-order valence-corrected chi connectivity index (χ0v) is 6.02. The number of hydrogen-bond acceptors (Lipinski definition) is 3. The highest BCUT2D eigenvalue weighted by Gasteiger charge is 1.88. The Hall–Kier alpha value is -1.36. The average molecular weight is 162 g/mol. The summed E-state index contributed by atoms with van der Waals surface area (Å²) < 4.78 is 0. The predicted molar refractivity (Wildman–Crippen MR) is 37.2 cm³/mol. The molecule has 0 saturated carbocycles. The van der Waals surface area contributed by atoms with Crippen LogP contribution in [-0.4, -0.2) is 33.9 Å². The molecule has 0 aliphatic carbocycles. The van der Waals surface area contributed by atoms with Gasteiger partial charge in [-0.1, -0.05) is 0 Å². The molecule has 0 heterocycles. The van der Waals surface area contributed by atoms with Crippen LogP contribution in [0.1, 0.15) is 6.92 Å². The summed E-state index contributed by atoms with van der Waals surface area (Å²) in [5.41, 5.74) is 0. The highest BCUT2D eigenvalue weighted by atomic mass is 16.4. The van der Waals surface area contributed by atoms with Crippen molar-refractivity contribution in [2.75, 3.05) is 6.61 Å². The van der Waals surface area contributed by atoms with Crippen LogP contribution in [0.5, 0.6) is 0 Å². The Bertz CT molecular complexity index is 133. The molecule has 0 radical (unpaired) electrons. The third-order valence-corrected chi connectivity index (χ3v) is 0.368. The van der Waals surface area contributed by atoms with Crippen LogP contribution in [-0.2, 0) is 9.59 Å². The van der Waals surface area contributed by atoms with E-state index >= 15 is 0 Å². The van der Waals surface area contributed by atoms with Gasteiger partial charge >= 0.3 is 11.9 Å². The topological polar surface area (TPSA) is 94.8 Å². The molecule has 0 aromatic carbocycles. The first kappa shape index (κ1) is 12.3. The largest absolute Gasteiger partial charge is 0.478 e. The molecule has 0 aliphatic heterocycles. The van der Waals surface area contributed by atoms with E-state index in [-0.39, 0.29) is 6.61 Å². The van der Waals surface area contributed by atoms with Gasteiger partial charge in [-0.05, 0) is 6.92 Å². The number of carboxylic acid groups (broad SMARTS) is 2. The van der Waals surface area contributed by atoms with E-state index in [1.54, 1.807) is 6.92 Å². The fourth-order valence-electron chi connectivity index (χ4n) is 0.143. The first-order valence-electron chi connectivity index (χ1n) is 2.79. The van der Waals surface area contributed by atoms with E-state index in [2.05, 4.69) is 0 Å². The second-order valence-electron chi connectivity index (χ2n) is 1.33. The minimum absolute atomic E-state index is 0.250. The number of carbonyl (C=O) groups is 2. The number of rotatable bonds is 2. The first-order chi connectivity index (χ1) is 5.04. The summed E-state index contributed by atoms with van der Waals surface area (Å²) in [6.07, 6.45) is 1.12. The first-order valence-corrected chi connectivity index (χ1v) is 2.79. The molecule has 0 rings (SSSR count). The molecule has 3 N–H and O–H groups in total. The summed E-state index contributed by atoms with van der Waals surface area (Å²) in [7, 11) is 0. The number of aliphatic carboxylic acids is 2. The smallest absolute Gasteiger partial charge is 0.328 e. The van der Waals surface area contributed by atoms with Gasteiger partial charge < -0.3 is 15.3 Å². The molecule has 0 amide bonds. The fourth-order valence-corrected chi connectivity index (χ4v) is 0.143. The molecular formula is C6H10O5. The van der Waals surface area contributed by atoms with Gasteiger partial charge in [-0.2, -0.15) is 0 Å². The van der Waals surface area contributed by atoms with Gasteiger partial charge in [0.05, 0.1) is 0 Å². The Morgan fingerprint density at radius 1 is 1.18 bits per heavy atom. The van der Waals surface area contributed by atoms with Gasteiger partial charge in [0, 0.05) is 18.8 Å². The van der Waals surface area contributed by atoms with Crippen molar-refractivity contribution in [2.24, 2.45) is 0 Å². The maximum absolute atomic E-state index is 9.55. The van der Waals surface area contributed by atoms with Crippen LogP contribution in [0.15, 0.2) is 12.2 Å². The SMILES string of the molecule is CCO.O=C(O)/C=C\C(=O)O. The van der Waals surface area contributed by atoms with E-state index in [4.69, 9.17) is 15.3 Å². The van der Waals surface area contributed by atoms with E-state index in [0.29, 0.717) is 12.2 Å². The second-order valence-corrected chi connectivity index (χ2v) is 1.33. The van der Waals surface area contributed by atoms with Crippen LogP contribution in [0.2, 0.25) is 0 Å². The van der Waals surface area contributed by atoms with Gasteiger partial charge in [-0.15, -0.1) is 0 Å². The lowest BCUT2D eigenvalue weighted by Gasteiger charge is -1.74. The average Bonchev–Trinajstić information content (AvgIpc) is 1.85. The third-order valence-electron chi connectivity index (χ3n) is 0.368. The van der Waals surface area contributed by atoms with Crippen LogP contribution in [0.3, 0.4) is 0 Å². The molecule has 0 bridgehead atoms. The van der Waals surface area contributed by atoms with E-state index in [0.717, 1.165) is 0 Å². The van der Waals surface area contributed by atoms with Crippen molar-refractivity contribution in [1.82, 2.24) is 0 Å². The summed E-state index contributed by atoms with van der Waals surface area (Å²) in [4.78, 5) is 19.1.